The van der Waals surface area contributed by atoms with Gasteiger partial charge in [0.05, 0.1) is 12.7 Å². The van der Waals surface area contributed by atoms with E-state index in [1.165, 1.54) is 25.5 Å². The SMILES string of the molecule is [B]Nc1cc(-c2ccc(C(C)CCC)cc2)ccc1C(=O)OC. The predicted octanol–water partition coefficient (Wildman–Crippen LogP) is 4.54. The minimum absolute atomic E-state index is 0.409. The number of carbonyl (C=O) groups is 1. The quantitative estimate of drug-likeness (QED) is 0.629. The van der Waals surface area contributed by atoms with Crippen LogP contribution in [0, 0.1) is 0 Å². The van der Waals surface area contributed by atoms with E-state index in [0.29, 0.717) is 17.2 Å². The van der Waals surface area contributed by atoms with Gasteiger partial charge in [0, 0.05) is 5.69 Å². The molecule has 2 rings (SSSR count). The van der Waals surface area contributed by atoms with Crippen LogP contribution < -0.4 is 5.23 Å². The Kier molecular flexibility index (Phi) is 5.86. The molecule has 2 radical (unpaired) electrons. The van der Waals surface area contributed by atoms with Gasteiger partial charge in [0.1, 0.15) is 0 Å². The summed E-state index contributed by atoms with van der Waals surface area (Å²) in [6.07, 6.45) is 2.37. The number of benzene rings is 2. The van der Waals surface area contributed by atoms with Crippen LogP contribution in [0.2, 0.25) is 0 Å². The molecule has 4 heteroatoms. The number of carbonyl (C=O) groups excluding carboxylic acids is 1. The molecule has 118 valence electrons. The summed E-state index contributed by atoms with van der Waals surface area (Å²) >= 11 is 0. The van der Waals surface area contributed by atoms with E-state index in [4.69, 9.17) is 12.7 Å². The molecule has 0 aliphatic carbocycles. The Hall–Kier alpha value is -2.23. The van der Waals surface area contributed by atoms with Crippen molar-refractivity contribution in [1.29, 1.82) is 0 Å². The zero-order valence-corrected chi connectivity index (χ0v) is 13.9. The van der Waals surface area contributed by atoms with Crippen LogP contribution in [0.5, 0.6) is 0 Å². The molecule has 0 aliphatic rings. The second-order valence-corrected chi connectivity index (χ2v) is 5.71. The Morgan fingerprint density at radius 1 is 1.17 bits per heavy atom. The lowest BCUT2D eigenvalue weighted by molar-refractivity contribution is 0.0602. The minimum Gasteiger partial charge on any atom is -0.465 e. The maximum atomic E-state index is 11.7. The highest BCUT2D eigenvalue weighted by Crippen LogP contribution is 2.28. The number of hydrogen-bond acceptors (Lipinski definition) is 3. The molecule has 1 unspecified atom stereocenters. The number of anilines is 1. The number of ether oxygens (including phenoxy) is 1. The second-order valence-electron chi connectivity index (χ2n) is 5.71. The third kappa shape index (κ3) is 3.95. The Morgan fingerprint density at radius 3 is 2.39 bits per heavy atom. The van der Waals surface area contributed by atoms with Crippen molar-refractivity contribution in [2.45, 2.75) is 32.6 Å². The molecule has 0 spiro atoms. The molecule has 0 fully saturated rings. The lowest BCUT2D eigenvalue weighted by Crippen LogP contribution is -2.06. The summed E-state index contributed by atoms with van der Waals surface area (Å²) in [5.41, 5.74) is 4.41. The van der Waals surface area contributed by atoms with Crippen molar-refractivity contribution in [2.75, 3.05) is 12.3 Å². The maximum absolute atomic E-state index is 11.7. The average molecular weight is 307 g/mol. The van der Waals surface area contributed by atoms with Crippen LogP contribution in [0.3, 0.4) is 0 Å². The zero-order valence-electron chi connectivity index (χ0n) is 13.9. The first kappa shape index (κ1) is 17.1. The Morgan fingerprint density at radius 2 is 1.83 bits per heavy atom. The molecule has 23 heavy (non-hydrogen) atoms. The van der Waals surface area contributed by atoms with Crippen molar-refractivity contribution < 1.29 is 9.53 Å². The molecule has 0 aliphatic heterocycles. The van der Waals surface area contributed by atoms with Crippen LogP contribution in [0.15, 0.2) is 42.5 Å². The highest BCUT2D eigenvalue weighted by atomic mass is 16.5. The zero-order chi connectivity index (χ0) is 16.8. The van der Waals surface area contributed by atoms with E-state index in [-0.39, 0.29) is 0 Å². The molecule has 0 amide bonds. The molecule has 1 atom stereocenters. The van der Waals surface area contributed by atoms with E-state index in [1.54, 1.807) is 6.07 Å². The summed E-state index contributed by atoms with van der Waals surface area (Å²) in [5.74, 6) is 0.158. The largest absolute Gasteiger partial charge is 0.465 e. The highest BCUT2D eigenvalue weighted by Gasteiger charge is 2.12. The van der Waals surface area contributed by atoms with Gasteiger partial charge in [-0.05, 0) is 41.2 Å². The van der Waals surface area contributed by atoms with Crippen LogP contribution in [0.1, 0.15) is 48.5 Å². The van der Waals surface area contributed by atoms with E-state index in [9.17, 15) is 4.79 Å². The van der Waals surface area contributed by atoms with Crippen LogP contribution >= 0.6 is 0 Å². The fourth-order valence-corrected chi connectivity index (χ4v) is 2.73. The number of nitrogens with one attached hydrogen (secondary N) is 1. The van der Waals surface area contributed by atoms with Crippen molar-refractivity contribution in [3.8, 4) is 11.1 Å². The lowest BCUT2D eigenvalue weighted by Gasteiger charge is -2.13. The van der Waals surface area contributed by atoms with Crippen LogP contribution in [-0.2, 0) is 4.74 Å². The monoisotopic (exact) mass is 307 g/mol. The summed E-state index contributed by atoms with van der Waals surface area (Å²) in [6, 6.07) is 14.0. The third-order valence-electron chi connectivity index (χ3n) is 4.12. The van der Waals surface area contributed by atoms with Crippen LogP contribution in [-0.4, -0.2) is 21.1 Å². The molecule has 0 bridgehead atoms. The van der Waals surface area contributed by atoms with Gasteiger partial charge in [-0.1, -0.05) is 50.6 Å². The van der Waals surface area contributed by atoms with Crippen molar-refractivity contribution in [1.82, 2.24) is 0 Å². The summed E-state index contributed by atoms with van der Waals surface area (Å²) in [7, 11) is 6.88. The number of hydrogen-bond donors (Lipinski definition) is 1. The van der Waals surface area contributed by atoms with E-state index in [1.807, 2.05) is 12.1 Å². The first-order valence-corrected chi connectivity index (χ1v) is 7.90. The minimum atomic E-state index is -0.409. The van der Waals surface area contributed by atoms with Crippen LogP contribution in [0.25, 0.3) is 11.1 Å². The van der Waals surface area contributed by atoms with Crippen molar-refractivity contribution in [3.63, 3.8) is 0 Å². The maximum Gasteiger partial charge on any atom is 0.339 e. The summed E-state index contributed by atoms with van der Waals surface area (Å²) in [6.45, 7) is 4.45. The van der Waals surface area contributed by atoms with Crippen molar-refractivity contribution in [2.24, 2.45) is 0 Å². The van der Waals surface area contributed by atoms with Gasteiger partial charge < -0.3 is 9.96 Å². The lowest BCUT2D eigenvalue weighted by atomic mass is 9.94. The van der Waals surface area contributed by atoms with Crippen molar-refractivity contribution >= 4 is 19.6 Å². The molecular weight excluding hydrogens is 285 g/mol. The smallest absolute Gasteiger partial charge is 0.339 e. The summed E-state index contributed by atoms with van der Waals surface area (Å²) in [4.78, 5) is 11.7. The molecule has 0 aromatic heterocycles. The third-order valence-corrected chi connectivity index (χ3v) is 4.12. The molecular formula is C19H22BNO2. The molecule has 0 heterocycles. The first-order chi connectivity index (χ1) is 11.1. The highest BCUT2D eigenvalue weighted by molar-refractivity contribution is 6.18. The fraction of sp³-hybridized carbons (Fsp3) is 0.316. The van der Waals surface area contributed by atoms with E-state index in [0.717, 1.165) is 11.1 Å². The van der Waals surface area contributed by atoms with Crippen molar-refractivity contribution in [3.05, 3.63) is 53.6 Å². The van der Waals surface area contributed by atoms with Gasteiger partial charge >= 0.3 is 5.97 Å². The van der Waals surface area contributed by atoms with Gasteiger partial charge in [-0.2, -0.15) is 0 Å². The standard InChI is InChI=1S/C19H22BNO2/c1-4-5-13(2)14-6-8-15(9-7-14)16-10-11-17(19(22)23-3)18(12-16)21-20/h6-13,21H,4-5H2,1-3H3. The van der Waals surface area contributed by atoms with E-state index in [2.05, 4.69) is 43.3 Å². The van der Waals surface area contributed by atoms with Gasteiger partial charge in [0.15, 0.2) is 0 Å². The second kappa shape index (κ2) is 7.86. The molecule has 0 saturated heterocycles. The number of methoxy groups -OCH3 is 1. The van der Waals surface area contributed by atoms with Gasteiger partial charge in [-0.15, -0.1) is 0 Å². The molecule has 0 saturated carbocycles. The summed E-state index contributed by atoms with van der Waals surface area (Å²) < 4.78 is 4.75. The Bertz CT molecular complexity index is 668. The predicted molar refractivity (Wildman–Crippen MR) is 95.9 cm³/mol. The normalized spacial score (nSPS) is 11.8. The molecule has 3 nitrogen and oxygen atoms in total. The molecule has 2 aromatic carbocycles. The number of rotatable bonds is 6. The summed E-state index contributed by atoms with van der Waals surface area (Å²) in [5, 5.41) is 2.57. The first-order valence-electron chi connectivity index (χ1n) is 7.90. The van der Waals surface area contributed by atoms with E-state index >= 15 is 0 Å². The van der Waals surface area contributed by atoms with Gasteiger partial charge in [-0.25, -0.2) is 4.79 Å². The van der Waals surface area contributed by atoms with Gasteiger partial charge in [-0.3, -0.25) is 0 Å². The number of esters is 1. The Balaban J connectivity index is 2.30. The van der Waals surface area contributed by atoms with Gasteiger partial charge in [0.2, 0.25) is 7.98 Å². The van der Waals surface area contributed by atoms with Gasteiger partial charge in [0.25, 0.3) is 0 Å². The fourth-order valence-electron chi connectivity index (χ4n) is 2.73. The Labute approximate surface area is 139 Å². The molecule has 2 aromatic rings. The van der Waals surface area contributed by atoms with Crippen LogP contribution in [0.4, 0.5) is 5.69 Å². The molecule has 1 N–H and O–H groups in total. The average Bonchev–Trinajstić information content (AvgIpc) is 2.60. The topological polar surface area (TPSA) is 38.3 Å². The van der Waals surface area contributed by atoms with E-state index < -0.39 is 5.97 Å².